The molecule has 146 valence electrons. The lowest BCUT2D eigenvalue weighted by molar-refractivity contribution is -0.0910. The summed E-state index contributed by atoms with van der Waals surface area (Å²) in [5, 5.41) is 48.1. The number of aliphatic hydroxyl groups is 5. The number of hydrogen-bond acceptors (Lipinski definition) is 7. The highest BCUT2D eigenvalue weighted by Crippen LogP contribution is 2.35. The molecule has 2 aromatic carbocycles. The first kappa shape index (κ1) is 20.1. The van der Waals surface area contributed by atoms with E-state index in [1.807, 2.05) is 42.5 Å². The number of para-hydroxylation sites is 1. The molecule has 6 nitrogen and oxygen atoms in total. The van der Waals surface area contributed by atoms with Crippen LogP contribution in [0.1, 0.15) is 16.7 Å². The lowest BCUT2D eigenvalue weighted by Gasteiger charge is -2.39. The molecule has 0 bridgehead atoms. The molecular formula is C20H24O6S. The van der Waals surface area contributed by atoms with E-state index in [9.17, 15) is 20.4 Å². The van der Waals surface area contributed by atoms with Crippen molar-refractivity contribution in [2.24, 2.45) is 0 Å². The van der Waals surface area contributed by atoms with E-state index in [0.717, 1.165) is 28.5 Å². The van der Waals surface area contributed by atoms with Gasteiger partial charge in [0.05, 0.1) is 24.6 Å². The molecule has 7 heteroatoms. The molecule has 0 unspecified atom stereocenters. The minimum absolute atomic E-state index is 0.00300. The SMILES string of the molecule is OCc1ccc(Cc2ccccc2O[C@H]2S[C@@H](CO)[C@@H](O)[C@H](O)[C@H]2O)cc1. The summed E-state index contributed by atoms with van der Waals surface area (Å²) >= 11 is 1.11. The predicted molar refractivity (Wildman–Crippen MR) is 103 cm³/mol. The second-order valence-electron chi connectivity index (χ2n) is 6.57. The van der Waals surface area contributed by atoms with Crippen LogP contribution in [0.25, 0.3) is 0 Å². The fourth-order valence-corrected chi connectivity index (χ4v) is 4.27. The van der Waals surface area contributed by atoms with Gasteiger partial charge in [0.2, 0.25) is 0 Å². The Labute approximate surface area is 162 Å². The average Bonchev–Trinajstić information content (AvgIpc) is 2.70. The largest absolute Gasteiger partial charge is 0.477 e. The summed E-state index contributed by atoms with van der Waals surface area (Å²) in [6, 6.07) is 15.0. The Balaban J connectivity index is 1.77. The third-order valence-corrected chi connectivity index (χ3v) is 6.09. The van der Waals surface area contributed by atoms with Gasteiger partial charge in [0.25, 0.3) is 0 Å². The van der Waals surface area contributed by atoms with Gasteiger partial charge in [0.15, 0.2) is 5.44 Å². The van der Waals surface area contributed by atoms with Crippen LogP contribution in [0.4, 0.5) is 0 Å². The molecule has 1 saturated heterocycles. The highest BCUT2D eigenvalue weighted by Gasteiger charge is 2.44. The summed E-state index contributed by atoms with van der Waals surface area (Å²) in [4.78, 5) is 0. The Bertz CT molecular complexity index is 736. The van der Waals surface area contributed by atoms with Gasteiger partial charge in [-0.25, -0.2) is 0 Å². The van der Waals surface area contributed by atoms with Crippen LogP contribution in [0.5, 0.6) is 5.75 Å². The van der Waals surface area contributed by atoms with Crippen molar-refractivity contribution in [1.29, 1.82) is 0 Å². The molecule has 1 aliphatic rings. The van der Waals surface area contributed by atoms with Crippen molar-refractivity contribution in [2.45, 2.75) is 42.0 Å². The molecule has 0 radical (unpaired) electrons. The maximum atomic E-state index is 10.3. The van der Waals surface area contributed by atoms with E-state index < -0.39 is 29.0 Å². The Morgan fingerprint density at radius 3 is 2.15 bits per heavy atom. The van der Waals surface area contributed by atoms with Crippen molar-refractivity contribution < 1.29 is 30.3 Å². The molecule has 1 fully saturated rings. The highest BCUT2D eigenvalue weighted by molar-refractivity contribution is 8.00. The normalized spacial score (nSPS) is 28.1. The average molecular weight is 392 g/mol. The van der Waals surface area contributed by atoms with Gasteiger partial charge in [0.1, 0.15) is 18.0 Å². The molecule has 0 saturated carbocycles. The molecule has 1 heterocycles. The summed E-state index contributed by atoms with van der Waals surface area (Å²) in [5.74, 6) is 0.570. The first-order valence-electron chi connectivity index (χ1n) is 8.77. The molecule has 5 N–H and O–H groups in total. The number of benzene rings is 2. The maximum Gasteiger partial charge on any atom is 0.173 e. The van der Waals surface area contributed by atoms with Crippen LogP contribution in [0.2, 0.25) is 0 Å². The van der Waals surface area contributed by atoms with Gasteiger partial charge in [-0.1, -0.05) is 42.5 Å². The van der Waals surface area contributed by atoms with Crippen LogP contribution in [-0.4, -0.2) is 61.1 Å². The predicted octanol–water partition coefficient (Wildman–Crippen LogP) is 0.665. The first-order valence-corrected chi connectivity index (χ1v) is 9.71. The van der Waals surface area contributed by atoms with E-state index in [1.165, 1.54) is 0 Å². The lowest BCUT2D eigenvalue weighted by Crippen LogP contribution is -2.55. The van der Waals surface area contributed by atoms with Gasteiger partial charge in [-0.2, -0.15) is 0 Å². The Hall–Kier alpha value is -1.61. The standard InChI is InChI=1S/C20H24O6S/c21-10-13-7-5-12(6-8-13)9-14-3-1-2-4-15(14)26-20-19(25)18(24)17(23)16(11-22)27-20/h1-8,16-25H,9-11H2/t16-,17+,18-,19+,20-/m0/s1. The molecule has 1 aliphatic heterocycles. The molecule has 2 aromatic rings. The first-order chi connectivity index (χ1) is 13.0. The van der Waals surface area contributed by atoms with E-state index in [2.05, 4.69) is 0 Å². The van der Waals surface area contributed by atoms with E-state index in [0.29, 0.717) is 12.2 Å². The number of aliphatic hydroxyl groups excluding tert-OH is 5. The molecule has 5 atom stereocenters. The zero-order valence-electron chi connectivity index (χ0n) is 14.7. The Morgan fingerprint density at radius 2 is 1.48 bits per heavy atom. The van der Waals surface area contributed by atoms with Crippen molar-refractivity contribution in [3.05, 3.63) is 65.2 Å². The van der Waals surface area contributed by atoms with Crippen molar-refractivity contribution in [2.75, 3.05) is 6.61 Å². The lowest BCUT2D eigenvalue weighted by atomic mass is 10.0. The summed E-state index contributed by atoms with van der Waals surface area (Å²) in [6.45, 7) is -0.328. The van der Waals surface area contributed by atoms with Crippen molar-refractivity contribution >= 4 is 11.8 Å². The summed E-state index contributed by atoms with van der Waals surface area (Å²) < 4.78 is 5.96. The molecule has 0 aliphatic carbocycles. The quantitative estimate of drug-likeness (QED) is 0.491. The van der Waals surface area contributed by atoms with Crippen molar-refractivity contribution in [3.8, 4) is 5.75 Å². The van der Waals surface area contributed by atoms with Crippen molar-refractivity contribution in [1.82, 2.24) is 0 Å². The summed E-state index contributed by atoms with van der Waals surface area (Å²) in [6.07, 6.45) is -3.27. The summed E-state index contributed by atoms with van der Waals surface area (Å²) in [7, 11) is 0. The third-order valence-electron chi connectivity index (χ3n) is 4.66. The molecule has 0 amide bonds. The third kappa shape index (κ3) is 4.63. The Kier molecular flexibility index (Phi) is 6.75. The minimum atomic E-state index is -1.38. The van der Waals surface area contributed by atoms with Crippen LogP contribution in [0, 0.1) is 0 Å². The second kappa shape index (κ2) is 9.05. The van der Waals surface area contributed by atoms with Crippen molar-refractivity contribution in [3.63, 3.8) is 0 Å². The zero-order valence-corrected chi connectivity index (χ0v) is 15.5. The number of ether oxygens (including phenoxy) is 1. The van der Waals surface area contributed by atoms with Gasteiger partial charge in [-0.05, 0) is 22.8 Å². The minimum Gasteiger partial charge on any atom is -0.477 e. The molecule has 27 heavy (non-hydrogen) atoms. The van der Waals surface area contributed by atoms with Crippen LogP contribution in [0.15, 0.2) is 48.5 Å². The second-order valence-corrected chi connectivity index (χ2v) is 7.92. The molecule has 3 rings (SSSR count). The maximum absolute atomic E-state index is 10.3. The van der Waals surface area contributed by atoms with Gasteiger partial charge < -0.3 is 30.3 Å². The topological polar surface area (TPSA) is 110 Å². The summed E-state index contributed by atoms with van der Waals surface area (Å²) in [5.41, 5.74) is 1.98. The van der Waals surface area contributed by atoms with Gasteiger partial charge >= 0.3 is 0 Å². The number of hydrogen-bond donors (Lipinski definition) is 5. The molecule has 0 aromatic heterocycles. The van der Waals surface area contributed by atoms with Crippen LogP contribution >= 0.6 is 11.8 Å². The van der Waals surface area contributed by atoms with E-state index in [4.69, 9.17) is 9.84 Å². The fraction of sp³-hybridized carbons (Fsp3) is 0.400. The van der Waals surface area contributed by atoms with Crippen LogP contribution in [-0.2, 0) is 13.0 Å². The van der Waals surface area contributed by atoms with E-state index in [1.54, 1.807) is 6.07 Å². The Morgan fingerprint density at radius 1 is 0.815 bits per heavy atom. The fourth-order valence-electron chi connectivity index (χ4n) is 3.04. The van der Waals surface area contributed by atoms with Gasteiger partial charge in [-0.15, -0.1) is 11.8 Å². The number of thioether (sulfide) groups is 1. The molecule has 0 spiro atoms. The number of rotatable bonds is 6. The monoisotopic (exact) mass is 392 g/mol. The highest BCUT2D eigenvalue weighted by atomic mass is 32.2. The smallest absolute Gasteiger partial charge is 0.173 e. The van der Waals surface area contributed by atoms with E-state index >= 15 is 0 Å². The van der Waals surface area contributed by atoms with Gasteiger partial charge in [-0.3, -0.25) is 0 Å². The zero-order chi connectivity index (χ0) is 19.4. The van der Waals surface area contributed by atoms with E-state index in [-0.39, 0.29) is 13.2 Å². The van der Waals surface area contributed by atoms with Crippen LogP contribution in [0.3, 0.4) is 0 Å². The van der Waals surface area contributed by atoms with Crippen LogP contribution < -0.4 is 4.74 Å². The van der Waals surface area contributed by atoms with Gasteiger partial charge in [0, 0.05) is 6.42 Å². The molecular weight excluding hydrogens is 368 g/mol.